The van der Waals surface area contributed by atoms with Gasteiger partial charge in [-0.05, 0) is 0 Å². The molecule has 3 nitrogen and oxygen atoms in total. The average molecular weight is 248 g/mol. The fraction of sp³-hybridized carbons (Fsp3) is 0.400. The Morgan fingerprint density at radius 3 is 2.61 bits per heavy atom. The summed E-state index contributed by atoms with van der Waals surface area (Å²) >= 11 is 0. The number of carbonyl (C=O) groups excluding carboxylic acids is 1. The predicted molar refractivity (Wildman–Crippen MR) is 72.9 cm³/mol. The van der Waals surface area contributed by atoms with Crippen LogP contribution in [0.3, 0.4) is 0 Å². The van der Waals surface area contributed by atoms with Crippen LogP contribution in [-0.4, -0.2) is 37.7 Å². The molecule has 1 rings (SSSR count). The van der Waals surface area contributed by atoms with Crippen LogP contribution in [0.25, 0.3) is 0 Å². The molecule has 98 valence electrons. The van der Waals surface area contributed by atoms with Gasteiger partial charge >= 0.3 is 5.97 Å². The minimum absolute atomic E-state index is 0.158. The van der Waals surface area contributed by atoms with Gasteiger partial charge in [-0.3, -0.25) is 4.79 Å². The van der Waals surface area contributed by atoms with E-state index in [0.717, 1.165) is 17.6 Å². The van der Waals surface area contributed by atoms with E-state index >= 15 is 0 Å². The van der Waals surface area contributed by atoms with Crippen molar-refractivity contribution in [2.75, 3.05) is 27.2 Å². The minimum atomic E-state index is -0.158. The first kappa shape index (κ1) is 14.5. The molecular formula is C15H22NO2+. The maximum Gasteiger partial charge on any atom is 0.311 e. The van der Waals surface area contributed by atoms with E-state index in [1.54, 1.807) is 6.08 Å². The molecule has 0 saturated heterocycles. The number of hydrogen-bond donors (Lipinski definition) is 0. The normalized spacial score (nSPS) is 11.0. The van der Waals surface area contributed by atoms with Gasteiger partial charge in [-0.2, -0.15) is 0 Å². The summed E-state index contributed by atoms with van der Waals surface area (Å²) in [5, 5.41) is 0. The monoisotopic (exact) mass is 248 g/mol. The smallest absolute Gasteiger partial charge is 0.311 e. The van der Waals surface area contributed by atoms with E-state index < -0.39 is 0 Å². The molecule has 0 spiro atoms. The first-order valence-electron chi connectivity index (χ1n) is 6.16. The van der Waals surface area contributed by atoms with Gasteiger partial charge in [-0.15, -0.1) is 0 Å². The Balaban J connectivity index is 2.40. The highest BCUT2D eigenvalue weighted by Gasteiger charge is 2.18. The van der Waals surface area contributed by atoms with Gasteiger partial charge in [0.1, 0.15) is 13.2 Å². The molecule has 18 heavy (non-hydrogen) atoms. The third-order valence-corrected chi connectivity index (χ3v) is 2.74. The Morgan fingerprint density at radius 2 is 2.00 bits per heavy atom. The van der Waals surface area contributed by atoms with E-state index in [-0.39, 0.29) is 5.97 Å². The van der Waals surface area contributed by atoms with Crippen LogP contribution < -0.4 is 0 Å². The van der Waals surface area contributed by atoms with Crippen molar-refractivity contribution in [2.45, 2.75) is 13.0 Å². The molecule has 0 N–H and O–H groups in total. The van der Waals surface area contributed by atoms with E-state index in [0.29, 0.717) is 13.0 Å². The lowest BCUT2D eigenvalue weighted by Crippen LogP contribution is -2.40. The van der Waals surface area contributed by atoms with E-state index in [2.05, 4.69) is 32.8 Å². The second-order valence-electron chi connectivity index (χ2n) is 5.02. The average Bonchev–Trinajstić information content (AvgIpc) is 2.35. The van der Waals surface area contributed by atoms with Crippen molar-refractivity contribution >= 4 is 5.97 Å². The Hall–Kier alpha value is -1.61. The highest BCUT2D eigenvalue weighted by atomic mass is 16.5. The molecule has 0 aliphatic heterocycles. The maximum absolute atomic E-state index is 11.4. The van der Waals surface area contributed by atoms with Crippen molar-refractivity contribution in [1.82, 2.24) is 0 Å². The van der Waals surface area contributed by atoms with Crippen molar-refractivity contribution < 1.29 is 14.0 Å². The molecule has 0 heterocycles. The van der Waals surface area contributed by atoms with Crippen LogP contribution in [-0.2, 0) is 16.1 Å². The molecule has 0 bridgehead atoms. The van der Waals surface area contributed by atoms with Gasteiger partial charge in [-0.1, -0.05) is 43.0 Å². The summed E-state index contributed by atoms with van der Waals surface area (Å²) < 4.78 is 5.74. The van der Waals surface area contributed by atoms with Gasteiger partial charge in [-0.25, -0.2) is 0 Å². The molecule has 0 saturated carbocycles. The van der Waals surface area contributed by atoms with Crippen LogP contribution in [0.5, 0.6) is 0 Å². The van der Waals surface area contributed by atoms with Crippen LogP contribution in [0, 0.1) is 0 Å². The zero-order valence-corrected chi connectivity index (χ0v) is 11.3. The lowest BCUT2D eigenvalue weighted by Gasteiger charge is -2.29. The number of hydrogen-bond acceptors (Lipinski definition) is 2. The summed E-state index contributed by atoms with van der Waals surface area (Å²) in [7, 11) is 4.24. The molecule has 0 radical (unpaired) electrons. The highest BCUT2D eigenvalue weighted by molar-refractivity contribution is 5.69. The molecule has 0 amide bonds. The summed E-state index contributed by atoms with van der Waals surface area (Å²) in [4.78, 5) is 11.4. The number of ether oxygens (including phenoxy) is 1. The van der Waals surface area contributed by atoms with Crippen molar-refractivity contribution in [1.29, 1.82) is 0 Å². The first-order chi connectivity index (χ1) is 8.53. The number of nitrogens with zero attached hydrogens (tertiary/aromatic N) is 1. The van der Waals surface area contributed by atoms with Gasteiger partial charge in [0, 0.05) is 5.56 Å². The Labute approximate surface area is 109 Å². The molecule has 0 fully saturated rings. The van der Waals surface area contributed by atoms with E-state index in [4.69, 9.17) is 4.74 Å². The molecule has 0 aliphatic rings. The SMILES string of the molecule is C=CCOC(=O)CC[N+](C)(C)Cc1ccccc1. The molecule has 3 heteroatoms. The summed E-state index contributed by atoms with van der Waals surface area (Å²) in [6.07, 6.45) is 2.02. The van der Waals surface area contributed by atoms with Gasteiger partial charge in [0.2, 0.25) is 0 Å². The Morgan fingerprint density at radius 1 is 1.33 bits per heavy atom. The lowest BCUT2D eigenvalue weighted by atomic mass is 10.2. The van der Waals surface area contributed by atoms with Gasteiger partial charge in [0.25, 0.3) is 0 Å². The lowest BCUT2D eigenvalue weighted by molar-refractivity contribution is -0.903. The second-order valence-corrected chi connectivity index (χ2v) is 5.02. The number of esters is 1. The molecular weight excluding hydrogens is 226 g/mol. The summed E-state index contributed by atoms with van der Waals surface area (Å²) in [5.74, 6) is -0.158. The third kappa shape index (κ3) is 5.64. The van der Waals surface area contributed by atoms with Crippen LogP contribution in [0.1, 0.15) is 12.0 Å². The third-order valence-electron chi connectivity index (χ3n) is 2.74. The predicted octanol–water partition coefficient (Wildman–Crippen LogP) is 2.38. The van der Waals surface area contributed by atoms with Gasteiger partial charge in [0.15, 0.2) is 0 Å². The minimum Gasteiger partial charge on any atom is -0.461 e. The van der Waals surface area contributed by atoms with E-state index in [1.165, 1.54) is 5.56 Å². The molecule has 0 aliphatic carbocycles. The highest BCUT2D eigenvalue weighted by Crippen LogP contribution is 2.10. The first-order valence-corrected chi connectivity index (χ1v) is 6.16. The standard InChI is InChI=1S/C15H22NO2/c1-4-12-18-15(17)10-11-16(2,3)13-14-8-6-5-7-9-14/h4-9H,1,10-13H2,2-3H3/q+1. The van der Waals surface area contributed by atoms with Gasteiger partial charge in [0.05, 0.1) is 27.1 Å². The number of quaternary nitrogens is 1. The summed E-state index contributed by atoms with van der Waals surface area (Å²) in [6, 6.07) is 10.3. The van der Waals surface area contributed by atoms with Crippen molar-refractivity contribution in [2.24, 2.45) is 0 Å². The largest absolute Gasteiger partial charge is 0.461 e. The van der Waals surface area contributed by atoms with Crippen LogP contribution >= 0.6 is 0 Å². The van der Waals surface area contributed by atoms with E-state index in [9.17, 15) is 4.79 Å². The number of rotatable bonds is 7. The molecule has 0 atom stereocenters. The number of benzene rings is 1. The molecule has 1 aromatic rings. The van der Waals surface area contributed by atoms with Crippen molar-refractivity contribution in [3.05, 3.63) is 48.6 Å². The van der Waals surface area contributed by atoms with Crippen LogP contribution in [0.15, 0.2) is 43.0 Å². The fourth-order valence-corrected chi connectivity index (χ4v) is 1.77. The molecule has 1 aromatic carbocycles. The molecule has 0 unspecified atom stereocenters. The molecule has 0 aromatic heterocycles. The summed E-state index contributed by atoms with van der Waals surface area (Å²) in [5.41, 5.74) is 1.28. The zero-order valence-electron chi connectivity index (χ0n) is 11.3. The van der Waals surface area contributed by atoms with Gasteiger partial charge < -0.3 is 9.22 Å². The maximum atomic E-state index is 11.4. The van der Waals surface area contributed by atoms with Crippen LogP contribution in [0.4, 0.5) is 0 Å². The van der Waals surface area contributed by atoms with Crippen molar-refractivity contribution in [3.63, 3.8) is 0 Å². The quantitative estimate of drug-likeness (QED) is 0.421. The van der Waals surface area contributed by atoms with E-state index in [1.807, 2.05) is 18.2 Å². The fourth-order valence-electron chi connectivity index (χ4n) is 1.77. The number of carbonyl (C=O) groups is 1. The van der Waals surface area contributed by atoms with Crippen LogP contribution in [0.2, 0.25) is 0 Å². The second kappa shape index (κ2) is 6.97. The Bertz CT molecular complexity index is 385. The Kier molecular flexibility index (Phi) is 5.59. The van der Waals surface area contributed by atoms with Crippen molar-refractivity contribution in [3.8, 4) is 0 Å². The topological polar surface area (TPSA) is 26.3 Å². The summed E-state index contributed by atoms with van der Waals surface area (Å²) in [6.45, 7) is 5.49. The zero-order chi connectivity index (χ0) is 13.4.